The van der Waals surface area contributed by atoms with E-state index in [1.807, 2.05) is 0 Å². The molecule has 0 bridgehead atoms. The molecule has 0 aliphatic carbocycles. The molecule has 8 heteroatoms. The molecule has 0 radical (unpaired) electrons. The maximum absolute atomic E-state index is 11.7. The zero-order valence-electron chi connectivity index (χ0n) is 10.1. The van der Waals surface area contributed by atoms with Gasteiger partial charge in [-0.3, -0.25) is 30.6 Å². The Labute approximate surface area is 117 Å². The third-order valence-corrected chi connectivity index (χ3v) is 3.32. The minimum absolute atomic E-state index is 0.0946. The van der Waals surface area contributed by atoms with Crippen molar-refractivity contribution < 1.29 is 14.5 Å². The summed E-state index contributed by atoms with van der Waals surface area (Å²) in [6.07, 6.45) is 0.568. The third-order valence-electron chi connectivity index (χ3n) is 2.26. The van der Waals surface area contributed by atoms with Crippen molar-refractivity contribution in [2.45, 2.75) is 18.2 Å². The first-order valence-electron chi connectivity index (χ1n) is 5.44. The van der Waals surface area contributed by atoms with Crippen molar-refractivity contribution in [1.82, 2.24) is 10.9 Å². The normalized spacial score (nSPS) is 11.5. The van der Waals surface area contributed by atoms with Crippen LogP contribution in [0.1, 0.15) is 23.7 Å². The fourth-order valence-corrected chi connectivity index (χ4v) is 1.33. The van der Waals surface area contributed by atoms with E-state index in [2.05, 4.69) is 26.8 Å². The van der Waals surface area contributed by atoms with E-state index in [-0.39, 0.29) is 17.2 Å². The van der Waals surface area contributed by atoms with Crippen molar-refractivity contribution in [2.75, 3.05) is 0 Å². The molecule has 0 heterocycles. The molecule has 0 saturated carbocycles. The van der Waals surface area contributed by atoms with Gasteiger partial charge in [0.15, 0.2) is 0 Å². The van der Waals surface area contributed by atoms with Crippen LogP contribution in [0.2, 0.25) is 0 Å². The lowest BCUT2D eigenvalue weighted by molar-refractivity contribution is -0.384. The number of rotatable bonds is 4. The molecule has 0 aliphatic rings. The van der Waals surface area contributed by atoms with E-state index in [1.54, 1.807) is 6.92 Å². The van der Waals surface area contributed by atoms with Gasteiger partial charge >= 0.3 is 0 Å². The van der Waals surface area contributed by atoms with Gasteiger partial charge in [-0.2, -0.15) is 0 Å². The first kappa shape index (κ1) is 15.1. The van der Waals surface area contributed by atoms with Crippen molar-refractivity contribution in [3.8, 4) is 0 Å². The van der Waals surface area contributed by atoms with E-state index in [4.69, 9.17) is 0 Å². The molecule has 1 atom stereocenters. The van der Waals surface area contributed by atoms with Crippen molar-refractivity contribution in [1.29, 1.82) is 0 Å². The van der Waals surface area contributed by atoms with E-state index in [1.165, 1.54) is 18.2 Å². The molecule has 0 unspecified atom stereocenters. The number of hydrazine groups is 1. The number of benzene rings is 1. The molecule has 0 aliphatic heterocycles. The number of hydrogen-bond donors (Lipinski definition) is 2. The summed E-state index contributed by atoms with van der Waals surface area (Å²) in [5.41, 5.74) is 4.32. The minimum atomic E-state index is -0.618. The van der Waals surface area contributed by atoms with Gasteiger partial charge in [0, 0.05) is 17.7 Å². The summed E-state index contributed by atoms with van der Waals surface area (Å²) in [6.45, 7) is 1.81. The van der Waals surface area contributed by atoms with Crippen LogP contribution in [0.25, 0.3) is 0 Å². The molecule has 19 heavy (non-hydrogen) atoms. The monoisotopic (exact) mass is 329 g/mol. The Morgan fingerprint density at radius 1 is 1.42 bits per heavy atom. The van der Waals surface area contributed by atoms with E-state index >= 15 is 0 Å². The molecule has 0 aromatic heterocycles. The predicted octanol–water partition coefficient (Wildman–Crippen LogP) is 1.53. The van der Waals surface area contributed by atoms with Crippen LogP contribution in [0, 0.1) is 10.1 Å². The predicted molar refractivity (Wildman–Crippen MR) is 71.7 cm³/mol. The average Bonchev–Trinajstić information content (AvgIpc) is 2.43. The second kappa shape index (κ2) is 6.83. The molecular weight excluding hydrogens is 318 g/mol. The summed E-state index contributed by atoms with van der Waals surface area (Å²) in [6, 6.07) is 5.22. The van der Waals surface area contributed by atoms with E-state index < -0.39 is 15.7 Å². The zero-order valence-corrected chi connectivity index (χ0v) is 11.6. The lowest BCUT2D eigenvalue weighted by Crippen LogP contribution is -2.44. The number of alkyl halides is 1. The molecule has 1 aromatic carbocycles. The largest absolute Gasteiger partial charge is 0.272 e. The lowest BCUT2D eigenvalue weighted by Gasteiger charge is -2.09. The molecule has 1 rings (SSSR count). The molecule has 2 N–H and O–H groups in total. The van der Waals surface area contributed by atoms with Gasteiger partial charge in [0.25, 0.3) is 17.5 Å². The zero-order chi connectivity index (χ0) is 14.4. The highest BCUT2D eigenvalue weighted by atomic mass is 79.9. The number of hydrogen-bond acceptors (Lipinski definition) is 4. The van der Waals surface area contributed by atoms with Crippen LogP contribution >= 0.6 is 15.9 Å². The Bertz CT molecular complexity index is 506. The summed E-state index contributed by atoms with van der Waals surface area (Å²) in [4.78, 5) is 32.6. The van der Waals surface area contributed by atoms with Gasteiger partial charge in [-0.1, -0.05) is 28.9 Å². The van der Waals surface area contributed by atoms with Gasteiger partial charge in [-0.05, 0) is 12.5 Å². The van der Waals surface area contributed by atoms with Gasteiger partial charge < -0.3 is 0 Å². The van der Waals surface area contributed by atoms with Gasteiger partial charge in [0.1, 0.15) is 0 Å². The van der Waals surface area contributed by atoms with Crippen molar-refractivity contribution in [2.24, 2.45) is 0 Å². The first-order chi connectivity index (χ1) is 8.95. The molecule has 7 nitrogen and oxygen atoms in total. The summed E-state index contributed by atoms with van der Waals surface area (Å²) in [5, 5.41) is 10.6. The summed E-state index contributed by atoms with van der Waals surface area (Å²) >= 11 is 3.13. The number of nitrogens with zero attached hydrogens (tertiary/aromatic N) is 1. The Hall–Kier alpha value is -1.96. The molecule has 2 amide bonds. The smallest absolute Gasteiger partial charge is 0.270 e. The molecular formula is C11H12BrN3O4. The third kappa shape index (κ3) is 4.32. The molecule has 0 fully saturated rings. The number of amides is 2. The van der Waals surface area contributed by atoms with Gasteiger partial charge in [0.05, 0.1) is 9.75 Å². The van der Waals surface area contributed by atoms with Gasteiger partial charge in [-0.15, -0.1) is 0 Å². The van der Waals surface area contributed by atoms with Crippen LogP contribution in [0.15, 0.2) is 24.3 Å². The van der Waals surface area contributed by atoms with E-state index in [9.17, 15) is 19.7 Å². The summed E-state index contributed by atoms with van der Waals surface area (Å²) < 4.78 is 0. The first-order valence-corrected chi connectivity index (χ1v) is 6.36. The molecule has 1 aromatic rings. The van der Waals surface area contributed by atoms with Crippen LogP contribution in [-0.2, 0) is 4.79 Å². The second-order valence-corrected chi connectivity index (χ2v) is 4.73. The van der Waals surface area contributed by atoms with Crippen LogP contribution in [0.5, 0.6) is 0 Å². The van der Waals surface area contributed by atoms with Crippen LogP contribution < -0.4 is 10.9 Å². The number of nitro benzene ring substituents is 1. The number of carbonyl (C=O) groups is 2. The highest BCUT2D eigenvalue weighted by Gasteiger charge is 2.15. The highest BCUT2D eigenvalue weighted by Crippen LogP contribution is 2.12. The highest BCUT2D eigenvalue weighted by molar-refractivity contribution is 9.10. The SMILES string of the molecule is CC[C@@H](Br)C(=O)NNC(=O)c1cccc([N+](=O)[O-])c1. The van der Waals surface area contributed by atoms with Crippen LogP contribution in [0.3, 0.4) is 0 Å². The number of non-ortho nitro benzene ring substituents is 1. The number of halogens is 1. The van der Waals surface area contributed by atoms with Crippen molar-refractivity contribution >= 4 is 33.4 Å². The van der Waals surface area contributed by atoms with Gasteiger partial charge in [-0.25, -0.2) is 0 Å². The van der Waals surface area contributed by atoms with E-state index in [0.29, 0.717) is 6.42 Å². The standard InChI is InChI=1S/C11H12BrN3O4/c1-2-9(12)11(17)14-13-10(16)7-4-3-5-8(6-7)15(18)19/h3-6,9H,2H2,1H3,(H,13,16)(H,14,17)/t9-/m1/s1. The van der Waals surface area contributed by atoms with Gasteiger partial charge in [0.2, 0.25) is 0 Å². The van der Waals surface area contributed by atoms with E-state index in [0.717, 1.165) is 6.07 Å². The molecule has 0 spiro atoms. The summed E-state index contributed by atoms with van der Waals surface area (Å²) in [5.74, 6) is -1.01. The maximum atomic E-state index is 11.7. The minimum Gasteiger partial charge on any atom is -0.272 e. The molecule has 102 valence electrons. The Morgan fingerprint density at radius 3 is 2.68 bits per heavy atom. The van der Waals surface area contributed by atoms with Crippen LogP contribution in [0.4, 0.5) is 5.69 Å². The fourth-order valence-electron chi connectivity index (χ4n) is 1.21. The average molecular weight is 330 g/mol. The Balaban J connectivity index is 2.66. The second-order valence-electron chi connectivity index (χ2n) is 3.63. The quantitative estimate of drug-likeness (QED) is 0.496. The van der Waals surface area contributed by atoms with Crippen molar-refractivity contribution in [3.05, 3.63) is 39.9 Å². The topological polar surface area (TPSA) is 101 Å². The Kier molecular flexibility index (Phi) is 5.43. The summed E-state index contributed by atoms with van der Waals surface area (Å²) in [7, 11) is 0. The molecule has 0 saturated heterocycles. The number of nitrogens with one attached hydrogen (secondary N) is 2. The van der Waals surface area contributed by atoms with Crippen molar-refractivity contribution in [3.63, 3.8) is 0 Å². The Morgan fingerprint density at radius 2 is 2.11 bits per heavy atom. The maximum Gasteiger partial charge on any atom is 0.270 e. The fraction of sp³-hybridized carbons (Fsp3) is 0.273. The number of carbonyl (C=O) groups excluding carboxylic acids is 2. The van der Waals surface area contributed by atoms with Crippen LogP contribution in [-0.4, -0.2) is 21.6 Å². The number of nitro groups is 1. The lowest BCUT2D eigenvalue weighted by atomic mass is 10.2.